The van der Waals surface area contributed by atoms with Crippen LogP contribution in [-0.4, -0.2) is 15.8 Å². The summed E-state index contributed by atoms with van der Waals surface area (Å²) in [6.07, 6.45) is 2.74. The van der Waals surface area contributed by atoms with Crippen LogP contribution in [0.5, 0.6) is 0 Å². The van der Waals surface area contributed by atoms with Gasteiger partial charge in [0.05, 0.1) is 15.9 Å². The fraction of sp³-hybridized carbons (Fsp3) is 0.500. The molecule has 0 aliphatic carbocycles. The van der Waals surface area contributed by atoms with Crippen molar-refractivity contribution in [2.45, 2.75) is 45.7 Å². The Bertz CT molecular complexity index is 536. The Hall–Kier alpha value is -0.690. The second kappa shape index (κ2) is 7.36. The first-order chi connectivity index (χ1) is 9.69. The van der Waals surface area contributed by atoms with Gasteiger partial charge in [0.1, 0.15) is 0 Å². The van der Waals surface area contributed by atoms with E-state index in [0.717, 1.165) is 36.0 Å². The lowest BCUT2D eigenvalue weighted by molar-refractivity contribution is 0.495. The zero-order valence-corrected chi connectivity index (χ0v) is 14.3. The number of hydrogen-bond acceptors (Lipinski definition) is 4. The van der Waals surface area contributed by atoms with Crippen molar-refractivity contribution < 1.29 is 0 Å². The third-order valence-electron chi connectivity index (χ3n) is 3.43. The summed E-state index contributed by atoms with van der Waals surface area (Å²) in [5, 5.41) is 8.91. The number of aryl methyl sites for hydroxylation is 2. The van der Waals surface area contributed by atoms with Crippen LogP contribution < -0.4 is 11.3 Å². The summed E-state index contributed by atoms with van der Waals surface area (Å²) in [5.74, 6) is 5.73. The van der Waals surface area contributed by atoms with Gasteiger partial charge in [0.2, 0.25) is 0 Å². The normalized spacial score (nSPS) is 12.8. The van der Waals surface area contributed by atoms with Crippen LogP contribution in [0.2, 0.25) is 0 Å². The number of thiophene rings is 1. The average Bonchev–Trinajstić information content (AvgIpc) is 3.07. The van der Waals surface area contributed by atoms with Crippen molar-refractivity contribution in [3.63, 3.8) is 0 Å². The number of nitrogens with one attached hydrogen (secondary N) is 1. The molecule has 0 bridgehead atoms. The summed E-state index contributed by atoms with van der Waals surface area (Å²) in [6, 6.07) is 2.37. The molecule has 0 aliphatic heterocycles. The summed E-state index contributed by atoms with van der Waals surface area (Å²) in [7, 11) is 0. The molecule has 0 aromatic carbocycles. The van der Waals surface area contributed by atoms with Gasteiger partial charge in [-0.3, -0.25) is 16.0 Å². The minimum atomic E-state index is 0.215. The van der Waals surface area contributed by atoms with Gasteiger partial charge in [-0.05, 0) is 58.1 Å². The lowest BCUT2D eigenvalue weighted by Crippen LogP contribution is -2.39. The van der Waals surface area contributed by atoms with Crippen LogP contribution in [-0.2, 0) is 25.8 Å². The van der Waals surface area contributed by atoms with Crippen molar-refractivity contribution in [1.29, 1.82) is 0 Å². The fourth-order valence-electron chi connectivity index (χ4n) is 2.33. The SMILES string of the molecule is CCc1nn(CC)c(CC(Cc2ccsc2)NN)c1Br. The summed E-state index contributed by atoms with van der Waals surface area (Å²) < 4.78 is 3.20. The molecule has 0 aliphatic rings. The van der Waals surface area contributed by atoms with Crippen LogP contribution in [0.1, 0.15) is 30.8 Å². The van der Waals surface area contributed by atoms with E-state index in [1.807, 2.05) is 0 Å². The maximum Gasteiger partial charge on any atom is 0.0766 e. The lowest BCUT2D eigenvalue weighted by Gasteiger charge is -2.16. The third-order valence-corrected chi connectivity index (χ3v) is 5.08. The molecule has 0 radical (unpaired) electrons. The highest BCUT2D eigenvalue weighted by atomic mass is 79.9. The standard InChI is InChI=1S/C14H21BrN4S/c1-3-12-14(15)13(19(4-2)18-12)8-11(17-16)7-10-5-6-20-9-10/h5-6,9,11,17H,3-4,7-8,16H2,1-2H3. The Kier molecular flexibility index (Phi) is 5.77. The summed E-state index contributed by atoms with van der Waals surface area (Å²) in [6.45, 7) is 5.12. The molecule has 3 N–H and O–H groups in total. The Balaban J connectivity index is 2.16. The molecule has 4 nitrogen and oxygen atoms in total. The first kappa shape index (κ1) is 15.7. The number of hydrogen-bond donors (Lipinski definition) is 2. The van der Waals surface area contributed by atoms with Gasteiger partial charge in [0.15, 0.2) is 0 Å². The van der Waals surface area contributed by atoms with Crippen LogP contribution in [0.4, 0.5) is 0 Å². The molecule has 1 atom stereocenters. The van der Waals surface area contributed by atoms with Gasteiger partial charge in [-0.1, -0.05) is 6.92 Å². The molecule has 110 valence electrons. The predicted molar refractivity (Wildman–Crippen MR) is 87.8 cm³/mol. The number of nitrogens with zero attached hydrogens (tertiary/aromatic N) is 2. The van der Waals surface area contributed by atoms with Crippen molar-refractivity contribution >= 4 is 27.3 Å². The number of rotatable bonds is 7. The van der Waals surface area contributed by atoms with Crippen LogP contribution in [0.25, 0.3) is 0 Å². The van der Waals surface area contributed by atoms with Gasteiger partial charge in [-0.15, -0.1) is 0 Å². The molecular weight excluding hydrogens is 336 g/mol. The minimum Gasteiger partial charge on any atom is -0.271 e. The summed E-state index contributed by atoms with van der Waals surface area (Å²) in [4.78, 5) is 0. The quantitative estimate of drug-likeness (QED) is 0.592. The number of halogens is 1. The molecule has 0 amide bonds. The molecule has 0 saturated heterocycles. The van der Waals surface area contributed by atoms with Gasteiger partial charge in [-0.25, -0.2) is 0 Å². The predicted octanol–water partition coefficient (Wildman–Crippen LogP) is 2.91. The van der Waals surface area contributed by atoms with Gasteiger partial charge >= 0.3 is 0 Å². The Labute approximate surface area is 132 Å². The Morgan fingerprint density at radius 3 is 2.80 bits per heavy atom. The maximum atomic E-state index is 5.73. The maximum absolute atomic E-state index is 5.73. The van der Waals surface area contributed by atoms with Crippen LogP contribution >= 0.6 is 27.3 Å². The van der Waals surface area contributed by atoms with E-state index >= 15 is 0 Å². The topological polar surface area (TPSA) is 55.9 Å². The van der Waals surface area contributed by atoms with E-state index in [1.54, 1.807) is 11.3 Å². The molecule has 2 heterocycles. The largest absolute Gasteiger partial charge is 0.271 e. The molecular formula is C14H21BrN4S. The smallest absolute Gasteiger partial charge is 0.0766 e. The molecule has 20 heavy (non-hydrogen) atoms. The molecule has 0 spiro atoms. The van der Waals surface area contributed by atoms with Crippen molar-refractivity contribution in [1.82, 2.24) is 15.2 Å². The van der Waals surface area contributed by atoms with Gasteiger partial charge in [-0.2, -0.15) is 16.4 Å². The van der Waals surface area contributed by atoms with E-state index in [4.69, 9.17) is 5.84 Å². The summed E-state index contributed by atoms with van der Waals surface area (Å²) >= 11 is 5.41. The van der Waals surface area contributed by atoms with E-state index in [9.17, 15) is 0 Å². The Morgan fingerprint density at radius 2 is 2.25 bits per heavy atom. The first-order valence-corrected chi connectivity index (χ1v) is 8.64. The van der Waals surface area contributed by atoms with E-state index in [1.165, 1.54) is 11.3 Å². The van der Waals surface area contributed by atoms with E-state index in [2.05, 4.69) is 61.8 Å². The van der Waals surface area contributed by atoms with Gasteiger partial charge in [0.25, 0.3) is 0 Å². The minimum absolute atomic E-state index is 0.215. The second-order valence-corrected chi connectivity index (χ2v) is 6.35. The highest BCUT2D eigenvalue weighted by Gasteiger charge is 2.18. The zero-order chi connectivity index (χ0) is 14.5. The molecule has 1 unspecified atom stereocenters. The highest BCUT2D eigenvalue weighted by molar-refractivity contribution is 9.10. The van der Waals surface area contributed by atoms with Gasteiger partial charge in [0, 0.05) is 19.0 Å². The third kappa shape index (κ3) is 3.49. The molecule has 2 rings (SSSR count). The Morgan fingerprint density at radius 1 is 1.45 bits per heavy atom. The molecule has 0 saturated carbocycles. The zero-order valence-electron chi connectivity index (χ0n) is 11.9. The van der Waals surface area contributed by atoms with Crippen LogP contribution in [0, 0.1) is 0 Å². The molecule has 6 heteroatoms. The number of aromatic nitrogens is 2. The fourth-order valence-corrected chi connectivity index (χ4v) is 3.74. The van der Waals surface area contributed by atoms with E-state index < -0.39 is 0 Å². The van der Waals surface area contributed by atoms with Crippen LogP contribution in [0.3, 0.4) is 0 Å². The molecule has 2 aromatic heterocycles. The second-order valence-electron chi connectivity index (χ2n) is 4.78. The lowest BCUT2D eigenvalue weighted by atomic mass is 10.0. The van der Waals surface area contributed by atoms with Crippen molar-refractivity contribution in [3.05, 3.63) is 38.3 Å². The van der Waals surface area contributed by atoms with Crippen molar-refractivity contribution in [2.24, 2.45) is 5.84 Å². The highest BCUT2D eigenvalue weighted by Crippen LogP contribution is 2.24. The van der Waals surface area contributed by atoms with Gasteiger partial charge < -0.3 is 0 Å². The van der Waals surface area contributed by atoms with Crippen molar-refractivity contribution in [3.8, 4) is 0 Å². The monoisotopic (exact) mass is 356 g/mol. The van der Waals surface area contributed by atoms with Crippen molar-refractivity contribution in [2.75, 3.05) is 0 Å². The first-order valence-electron chi connectivity index (χ1n) is 6.90. The van der Waals surface area contributed by atoms with E-state index in [0.29, 0.717) is 0 Å². The number of nitrogens with two attached hydrogens (primary N) is 1. The molecule has 0 fully saturated rings. The van der Waals surface area contributed by atoms with E-state index in [-0.39, 0.29) is 6.04 Å². The number of hydrazine groups is 1. The molecule has 2 aromatic rings. The average molecular weight is 357 g/mol. The van der Waals surface area contributed by atoms with Crippen LogP contribution in [0.15, 0.2) is 21.3 Å². The summed E-state index contributed by atoms with van der Waals surface area (Å²) in [5.41, 5.74) is 6.61.